The predicted octanol–water partition coefficient (Wildman–Crippen LogP) is 3.72. The lowest BCUT2D eigenvalue weighted by Gasteiger charge is -2.08. The number of carbonyl (C=O) groups excluding carboxylic acids is 1. The minimum atomic E-state index is -0.284. The number of hydrogen-bond donors (Lipinski definition) is 2. The minimum absolute atomic E-state index is 0.259. The zero-order valence-corrected chi connectivity index (χ0v) is 15.1. The summed E-state index contributed by atoms with van der Waals surface area (Å²) in [7, 11) is 0. The van der Waals surface area contributed by atoms with Crippen molar-refractivity contribution in [3.63, 3.8) is 0 Å². The molecule has 0 unspecified atom stereocenters. The Labute approximate surface area is 161 Å². The maximum absolute atomic E-state index is 12.3. The maximum atomic E-state index is 12.3. The molecule has 0 bridgehead atoms. The Balaban J connectivity index is 1.60. The number of hydrogen-bond acceptors (Lipinski definition) is 5. The normalized spacial score (nSPS) is 10.1. The fourth-order valence-electron chi connectivity index (χ4n) is 2.44. The average Bonchev–Trinajstić information content (AvgIpc) is 2.68. The Kier molecular flexibility index (Phi) is 5.98. The smallest absolute Gasteiger partial charge is 0.270 e. The Morgan fingerprint density at radius 3 is 2.81 bits per heavy atom. The summed E-state index contributed by atoms with van der Waals surface area (Å²) in [6.45, 7) is 0.468. The number of nitrogens with zero attached hydrogens (tertiary/aromatic N) is 3. The minimum Gasteiger partial charge on any atom is -0.350 e. The molecular weight excluding hydrogens is 362 g/mol. The van der Waals surface area contributed by atoms with E-state index in [4.69, 9.17) is 16.9 Å². The average molecular weight is 378 g/mol. The number of benzene rings is 2. The van der Waals surface area contributed by atoms with Crippen molar-refractivity contribution >= 4 is 29.1 Å². The third-order valence-corrected chi connectivity index (χ3v) is 3.96. The van der Waals surface area contributed by atoms with Crippen molar-refractivity contribution < 1.29 is 4.79 Å². The van der Waals surface area contributed by atoms with Gasteiger partial charge in [0.1, 0.15) is 5.69 Å². The van der Waals surface area contributed by atoms with E-state index in [1.807, 2.05) is 24.3 Å². The summed E-state index contributed by atoms with van der Waals surface area (Å²) in [6.07, 6.45) is 2.18. The van der Waals surface area contributed by atoms with Crippen LogP contribution >= 0.6 is 11.6 Å². The van der Waals surface area contributed by atoms with Crippen LogP contribution in [0.25, 0.3) is 0 Å². The van der Waals surface area contributed by atoms with Gasteiger partial charge < -0.3 is 10.6 Å². The van der Waals surface area contributed by atoms with Crippen LogP contribution in [0.1, 0.15) is 21.6 Å². The van der Waals surface area contributed by atoms with Crippen LogP contribution in [0.15, 0.2) is 60.8 Å². The first-order chi connectivity index (χ1) is 13.1. The van der Waals surface area contributed by atoms with Gasteiger partial charge in [-0.3, -0.25) is 4.79 Å². The molecule has 2 aromatic carbocycles. The second-order valence-corrected chi connectivity index (χ2v) is 6.16. The van der Waals surface area contributed by atoms with Crippen molar-refractivity contribution in [1.29, 1.82) is 5.26 Å². The van der Waals surface area contributed by atoms with Gasteiger partial charge in [0.05, 0.1) is 11.6 Å². The highest BCUT2D eigenvalue weighted by Crippen LogP contribution is 2.14. The van der Waals surface area contributed by atoms with Gasteiger partial charge in [-0.05, 0) is 48.4 Å². The number of amides is 1. The molecule has 0 atom stereocenters. The first-order valence-electron chi connectivity index (χ1n) is 8.27. The fourth-order valence-corrected chi connectivity index (χ4v) is 2.66. The molecule has 0 aliphatic heterocycles. The largest absolute Gasteiger partial charge is 0.350 e. The number of nitriles is 1. The molecule has 1 heterocycles. The standard InChI is InChI=1S/C20H16ClN5O/c21-16-5-1-3-14(11-16)7-9-23-19(27)18-8-10-24-20(26-18)25-17-6-2-4-15(12-17)13-22/h1-6,8,10-12H,7,9H2,(H,23,27)(H,24,25,26). The molecule has 1 aromatic heterocycles. The molecule has 0 saturated carbocycles. The zero-order valence-electron chi connectivity index (χ0n) is 14.3. The van der Waals surface area contributed by atoms with Crippen molar-refractivity contribution in [3.05, 3.63) is 82.6 Å². The van der Waals surface area contributed by atoms with Gasteiger partial charge >= 0.3 is 0 Å². The van der Waals surface area contributed by atoms with E-state index in [-0.39, 0.29) is 17.5 Å². The highest BCUT2D eigenvalue weighted by atomic mass is 35.5. The van der Waals surface area contributed by atoms with E-state index in [2.05, 4.69) is 26.7 Å². The van der Waals surface area contributed by atoms with Crippen LogP contribution in [0.3, 0.4) is 0 Å². The van der Waals surface area contributed by atoms with Gasteiger partial charge in [-0.25, -0.2) is 9.97 Å². The molecule has 0 spiro atoms. The van der Waals surface area contributed by atoms with Crippen LogP contribution < -0.4 is 10.6 Å². The lowest BCUT2D eigenvalue weighted by molar-refractivity contribution is 0.0949. The van der Waals surface area contributed by atoms with E-state index in [1.165, 1.54) is 6.20 Å². The van der Waals surface area contributed by atoms with Gasteiger partial charge in [-0.1, -0.05) is 29.8 Å². The Morgan fingerprint density at radius 2 is 2.00 bits per heavy atom. The molecule has 0 saturated heterocycles. The summed E-state index contributed by atoms with van der Waals surface area (Å²) in [5.74, 6) is 0.000773. The molecule has 0 aliphatic rings. The van der Waals surface area contributed by atoms with E-state index in [0.29, 0.717) is 29.2 Å². The molecule has 6 nitrogen and oxygen atoms in total. The molecule has 134 valence electrons. The van der Waals surface area contributed by atoms with E-state index in [0.717, 1.165) is 5.56 Å². The van der Waals surface area contributed by atoms with Gasteiger partial charge in [0.15, 0.2) is 0 Å². The summed E-state index contributed by atoms with van der Waals surface area (Å²) < 4.78 is 0. The molecule has 2 N–H and O–H groups in total. The lowest BCUT2D eigenvalue weighted by atomic mass is 10.1. The molecule has 7 heteroatoms. The van der Waals surface area contributed by atoms with Gasteiger partial charge in [0.2, 0.25) is 5.95 Å². The molecule has 1 amide bonds. The summed E-state index contributed by atoms with van der Waals surface area (Å²) >= 11 is 5.96. The Bertz CT molecular complexity index is 999. The van der Waals surface area contributed by atoms with E-state index < -0.39 is 0 Å². The third kappa shape index (κ3) is 5.27. The van der Waals surface area contributed by atoms with Crippen molar-refractivity contribution in [2.24, 2.45) is 0 Å². The van der Waals surface area contributed by atoms with Crippen LogP contribution in [-0.2, 0) is 6.42 Å². The van der Waals surface area contributed by atoms with Crippen molar-refractivity contribution in [2.75, 3.05) is 11.9 Å². The maximum Gasteiger partial charge on any atom is 0.270 e. The SMILES string of the molecule is N#Cc1cccc(Nc2nccc(C(=O)NCCc3cccc(Cl)c3)n2)c1. The number of carbonyl (C=O) groups is 1. The first-order valence-corrected chi connectivity index (χ1v) is 8.65. The second kappa shape index (κ2) is 8.79. The lowest BCUT2D eigenvalue weighted by Crippen LogP contribution is -2.26. The first kappa shape index (κ1) is 18.4. The highest BCUT2D eigenvalue weighted by molar-refractivity contribution is 6.30. The number of aromatic nitrogens is 2. The summed E-state index contributed by atoms with van der Waals surface area (Å²) in [5, 5.41) is 15.5. The summed E-state index contributed by atoms with van der Waals surface area (Å²) in [4.78, 5) is 20.6. The highest BCUT2D eigenvalue weighted by Gasteiger charge is 2.09. The summed E-state index contributed by atoms with van der Waals surface area (Å²) in [6, 6.07) is 18.1. The fraction of sp³-hybridized carbons (Fsp3) is 0.100. The molecule has 3 rings (SSSR count). The number of rotatable bonds is 6. The number of halogens is 1. The van der Waals surface area contributed by atoms with Crippen LogP contribution in [0.2, 0.25) is 5.02 Å². The van der Waals surface area contributed by atoms with Crippen LogP contribution in [0.5, 0.6) is 0 Å². The van der Waals surface area contributed by atoms with Crippen molar-refractivity contribution in [3.8, 4) is 6.07 Å². The molecule has 3 aromatic rings. The molecule has 27 heavy (non-hydrogen) atoms. The van der Waals surface area contributed by atoms with Gasteiger partial charge in [-0.15, -0.1) is 0 Å². The predicted molar refractivity (Wildman–Crippen MR) is 104 cm³/mol. The van der Waals surface area contributed by atoms with Gasteiger partial charge in [0.25, 0.3) is 5.91 Å². The number of anilines is 2. The molecule has 0 aliphatic carbocycles. The Hall–Kier alpha value is -3.43. The number of nitrogens with one attached hydrogen (secondary N) is 2. The molecule has 0 fully saturated rings. The van der Waals surface area contributed by atoms with E-state index in [1.54, 1.807) is 30.3 Å². The summed E-state index contributed by atoms with van der Waals surface area (Å²) in [5.41, 5.74) is 2.50. The second-order valence-electron chi connectivity index (χ2n) is 5.72. The van der Waals surface area contributed by atoms with E-state index >= 15 is 0 Å². The third-order valence-electron chi connectivity index (χ3n) is 3.72. The van der Waals surface area contributed by atoms with Crippen LogP contribution in [-0.4, -0.2) is 22.4 Å². The monoisotopic (exact) mass is 377 g/mol. The van der Waals surface area contributed by atoms with Gasteiger partial charge in [-0.2, -0.15) is 5.26 Å². The molecular formula is C20H16ClN5O. The zero-order chi connectivity index (χ0) is 19.1. The van der Waals surface area contributed by atoms with Crippen LogP contribution in [0.4, 0.5) is 11.6 Å². The topological polar surface area (TPSA) is 90.7 Å². The van der Waals surface area contributed by atoms with Crippen LogP contribution in [0, 0.1) is 11.3 Å². The van der Waals surface area contributed by atoms with Crippen molar-refractivity contribution in [1.82, 2.24) is 15.3 Å². The van der Waals surface area contributed by atoms with Crippen molar-refractivity contribution in [2.45, 2.75) is 6.42 Å². The van der Waals surface area contributed by atoms with Gasteiger partial charge in [0, 0.05) is 23.5 Å². The van der Waals surface area contributed by atoms with E-state index in [9.17, 15) is 4.79 Å². The Morgan fingerprint density at radius 1 is 1.15 bits per heavy atom. The molecule has 0 radical (unpaired) electrons. The quantitative estimate of drug-likeness (QED) is 0.683.